The number of nitrogens with one attached hydrogen (secondary N) is 1. The van der Waals surface area contributed by atoms with Gasteiger partial charge in [-0.1, -0.05) is 36.4 Å². The van der Waals surface area contributed by atoms with Crippen LogP contribution >= 0.6 is 0 Å². The first kappa shape index (κ1) is 24.7. The predicted octanol–water partition coefficient (Wildman–Crippen LogP) is 3.54. The number of nitro benzene ring substituents is 1. The van der Waals surface area contributed by atoms with Gasteiger partial charge < -0.3 is 19.7 Å². The fourth-order valence-corrected chi connectivity index (χ4v) is 4.34. The van der Waals surface area contributed by atoms with E-state index in [2.05, 4.69) is 5.32 Å². The summed E-state index contributed by atoms with van der Waals surface area (Å²) in [6.07, 6.45) is 0.925. The van der Waals surface area contributed by atoms with Gasteiger partial charge in [0.05, 0.1) is 19.1 Å². The minimum Gasteiger partial charge on any atom is -0.493 e. The molecule has 2 amide bonds. The van der Waals surface area contributed by atoms with Crippen LogP contribution in [0.4, 0.5) is 5.69 Å². The lowest BCUT2D eigenvalue weighted by molar-refractivity contribution is -0.384. The zero-order valence-electron chi connectivity index (χ0n) is 20.1. The zero-order valence-corrected chi connectivity index (χ0v) is 20.1. The second-order valence-electron chi connectivity index (χ2n) is 8.51. The molecule has 1 heterocycles. The third-order valence-electron chi connectivity index (χ3n) is 6.23. The Morgan fingerprint density at radius 3 is 2.36 bits per heavy atom. The third kappa shape index (κ3) is 5.46. The number of fused-ring (bicyclic) bond motifs is 1. The normalized spacial score (nSPS) is 13.3. The van der Waals surface area contributed by atoms with E-state index in [0.29, 0.717) is 31.0 Å². The van der Waals surface area contributed by atoms with E-state index in [9.17, 15) is 19.7 Å². The number of methoxy groups -OCH3 is 2. The van der Waals surface area contributed by atoms with Gasteiger partial charge in [-0.25, -0.2) is 0 Å². The van der Waals surface area contributed by atoms with Crippen LogP contribution in [-0.4, -0.2) is 48.4 Å². The number of amides is 2. The number of hydrogen-bond acceptors (Lipinski definition) is 6. The minimum atomic E-state index is -0.846. The number of hydrogen-bond donors (Lipinski definition) is 1. The van der Waals surface area contributed by atoms with Crippen LogP contribution in [0.2, 0.25) is 0 Å². The van der Waals surface area contributed by atoms with Crippen LogP contribution in [-0.2, 0) is 24.2 Å². The van der Waals surface area contributed by atoms with Crippen molar-refractivity contribution < 1.29 is 24.0 Å². The van der Waals surface area contributed by atoms with Gasteiger partial charge in [0.15, 0.2) is 11.5 Å². The second-order valence-corrected chi connectivity index (χ2v) is 8.51. The molecule has 4 rings (SSSR count). The molecule has 1 atom stereocenters. The molecule has 0 spiro atoms. The molecule has 9 nitrogen and oxygen atoms in total. The van der Waals surface area contributed by atoms with Gasteiger partial charge in [0, 0.05) is 37.2 Å². The first-order valence-corrected chi connectivity index (χ1v) is 11.5. The van der Waals surface area contributed by atoms with E-state index in [4.69, 9.17) is 9.47 Å². The Morgan fingerprint density at radius 1 is 1.00 bits per heavy atom. The van der Waals surface area contributed by atoms with Crippen molar-refractivity contribution in [1.29, 1.82) is 0 Å². The Balaban J connectivity index is 1.58. The van der Waals surface area contributed by atoms with Gasteiger partial charge in [-0.3, -0.25) is 19.7 Å². The number of non-ortho nitro benzene ring substituents is 1. The minimum absolute atomic E-state index is 0.121. The van der Waals surface area contributed by atoms with Gasteiger partial charge in [0.1, 0.15) is 6.04 Å². The van der Waals surface area contributed by atoms with E-state index in [1.54, 1.807) is 19.1 Å². The molecule has 0 aliphatic carbocycles. The van der Waals surface area contributed by atoms with Crippen LogP contribution in [0.15, 0.2) is 66.7 Å². The van der Waals surface area contributed by atoms with Crippen molar-refractivity contribution in [3.63, 3.8) is 0 Å². The maximum absolute atomic E-state index is 13.7. The van der Waals surface area contributed by atoms with Gasteiger partial charge in [-0.2, -0.15) is 0 Å². The lowest BCUT2D eigenvalue weighted by Gasteiger charge is -2.32. The van der Waals surface area contributed by atoms with Gasteiger partial charge in [-0.05, 0) is 41.3 Å². The zero-order chi connectivity index (χ0) is 25.7. The van der Waals surface area contributed by atoms with E-state index in [1.807, 2.05) is 42.5 Å². The maximum Gasteiger partial charge on any atom is 0.270 e. The summed E-state index contributed by atoms with van der Waals surface area (Å²) < 4.78 is 10.8. The van der Waals surface area contributed by atoms with Crippen LogP contribution in [0.5, 0.6) is 11.5 Å². The van der Waals surface area contributed by atoms with E-state index in [1.165, 1.54) is 24.3 Å². The summed E-state index contributed by atoms with van der Waals surface area (Å²) in [7, 11) is 3.15. The van der Waals surface area contributed by atoms with Crippen molar-refractivity contribution in [2.75, 3.05) is 20.8 Å². The molecular weight excluding hydrogens is 462 g/mol. The van der Waals surface area contributed by atoms with E-state index in [-0.39, 0.29) is 23.6 Å². The smallest absolute Gasteiger partial charge is 0.270 e. The fourth-order valence-electron chi connectivity index (χ4n) is 4.34. The average Bonchev–Trinajstić information content (AvgIpc) is 2.91. The third-order valence-corrected chi connectivity index (χ3v) is 6.23. The molecule has 0 saturated carbocycles. The number of nitrogens with zero attached hydrogens (tertiary/aromatic N) is 2. The van der Waals surface area contributed by atoms with Gasteiger partial charge in [0.25, 0.3) is 11.6 Å². The Hall–Kier alpha value is -4.40. The van der Waals surface area contributed by atoms with Crippen molar-refractivity contribution in [1.82, 2.24) is 10.2 Å². The van der Waals surface area contributed by atoms with Crippen LogP contribution in [0.25, 0.3) is 0 Å². The Kier molecular flexibility index (Phi) is 7.48. The molecule has 0 fully saturated rings. The van der Waals surface area contributed by atoms with Gasteiger partial charge >= 0.3 is 0 Å². The maximum atomic E-state index is 13.7. The highest BCUT2D eigenvalue weighted by atomic mass is 16.6. The molecule has 9 heteroatoms. The van der Waals surface area contributed by atoms with Crippen molar-refractivity contribution >= 4 is 17.5 Å². The number of ether oxygens (including phenoxy) is 2. The molecule has 1 aliphatic rings. The number of carbonyl (C=O) groups excluding carboxylic acids is 2. The summed E-state index contributed by atoms with van der Waals surface area (Å²) in [6.45, 7) is 0.853. The van der Waals surface area contributed by atoms with Crippen LogP contribution in [0.3, 0.4) is 0 Å². The molecule has 36 heavy (non-hydrogen) atoms. The average molecular weight is 490 g/mol. The van der Waals surface area contributed by atoms with Crippen LogP contribution in [0, 0.1) is 10.1 Å². The number of rotatable bonds is 8. The fraction of sp³-hybridized carbons (Fsp3) is 0.259. The molecule has 3 aromatic carbocycles. The van der Waals surface area contributed by atoms with Gasteiger partial charge in [0.2, 0.25) is 5.91 Å². The number of carbonyl (C=O) groups is 2. The topological polar surface area (TPSA) is 111 Å². The van der Waals surface area contributed by atoms with Crippen LogP contribution < -0.4 is 14.8 Å². The highest BCUT2D eigenvalue weighted by molar-refractivity contribution is 5.98. The summed E-state index contributed by atoms with van der Waals surface area (Å²) in [5, 5.41) is 13.9. The van der Waals surface area contributed by atoms with E-state index in [0.717, 1.165) is 16.7 Å². The summed E-state index contributed by atoms with van der Waals surface area (Å²) in [5.74, 6) is 0.461. The predicted molar refractivity (Wildman–Crippen MR) is 133 cm³/mol. The van der Waals surface area contributed by atoms with Crippen LogP contribution in [0.1, 0.15) is 27.0 Å². The van der Waals surface area contributed by atoms with Crippen molar-refractivity contribution in [3.05, 3.63) is 99.1 Å². The SMILES string of the molecule is COc1cc2c(cc1OC)CN(C(=O)C(Cc1ccccc1)NC(=O)c1cccc([N+](=O)[O-])c1)CC2. The van der Waals surface area contributed by atoms with Crippen molar-refractivity contribution in [2.45, 2.75) is 25.4 Å². The largest absolute Gasteiger partial charge is 0.493 e. The molecule has 0 radical (unpaired) electrons. The highest BCUT2D eigenvalue weighted by Gasteiger charge is 2.30. The molecule has 1 N–H and O–H groups in total. The quantitative estimate of drug-likeness (QED) is 0.383. The molecule has 0 bridgehead atoms. The molecule has 1 unspecified atom stereocenters. The Morgan fingerprint density at radius 2 is 1.69 bits per heavy atom. The first-order chi connectivity index (χ1) is 17.4. The molecule has 186 valence electrons. The lowest BCUT2D eigenvalue weighted by Crippen LogP contribution is -2.50. The number of benzene rings is 3. The molecule has 1 aliphatic heterocycles. The molecule has 0 aromatic heterocycles. The molecule has 3 aromatic rings. The van der Waals surface area contributed by atoms with E-state index >= 15 is 0 Å². The Labute approximate surface area is 208 Å². The second kappa shape index (κ2) is 10.9. The summed E-state index contributed by atoms with van der Waals surface area (Å²) in [4.78, 5) is 39.0. The Bertz CT molecular complexity index is 1280. The van der Waals surface area contributed by atoms with Gasteiger partial charge in [-0.15, -0.1) is 0 Å². The molecular formula is C27H27N3O6. The summed E-state index contributed by atoms with van der Waals surface area (Å²) >= 11 is 0. The first-order valence-electron chi connectivity index (χ1n) is 11.5. The monoisotopic (exact) mass is 489 g/mol. The molecule has 0 saturated heterocycles. The van der Waals surface area contributed by atoms with Crippen molar-refractivity contribution in [3.8, 4) is 11.5 Å². The highest BCUT2D eigenvalue weighted by Crippen LogP contribution is 2.33. The standard InChI is InChI=1S/C27H27N3O6/c1-35-24-15-19-11-12-29(17-21(19)16-25(24)36-2)27(32)23(13-18-7-4-3-5-8-18)28-26(31)20-9-6-10-22(14-20)30(33)34/h3-10,14-16,23H,11-13,17H2,1-2H3,(H,28,31). The summed E-state index contributed by atoms with van der Waals surface area (Å²) in [6, 6.07) is 17.8. The van der Waals surface area contributed by atoms with Crippen molar-refractivity contribution in [2.24, 2.45) is 0 Å². The summed E-state index contributed by atoms with van der Waals surface area (Å²) in [5.41, 5.74) is 2.85. The lowest BCUT2D eigenvalue weighted by atomic mass is 9.97. The van der Waals surface area contributed by atoms with E-state index < -0.39 is 16.9 Å². The number of nitro groups is 1.